The number of nitrogens with zero attached hydrogens (tertiary/aromatic N) is 4. The van der Waals surface area contributed by atoms with E-state index in [2.05, 4.69) is 85.1 Å². The van der Waals surface area contributed by atoms with Gasteiger partial charge in [0.05, 0.1) is 11.8 Å². The van der Waals surface area contributed by atoms with Crippen molar-refractivity contribution >= 4 is 22.4 Å². The lowest BCUT2D eigenvalue weighted by atomic mass is 9.97. The van der Waals surface area contributed by atoms with Crippen molar-refractivity contribution in [3.8, 4) is 11.4 Å². The monoisotopic (exact) mass is 481 g/mol. The molecule has 0 saturated carbocycles. The van der Waals surface area contributed by atoms with Crippen molar-refractivity contribution in [1.82, 2.24) is 15.0 Å². The molecule has 1 fully saturated rings. The molecular formula is C30H35N5O. The molecule has 0 bridgehead atoms. The van der Waals surface area contributed by atoms with Crippen LogP contribution in [0.1, 0.15) is 47.7 Å². The van der Waals surface area contributed by atoms with Gasteiger partial charge in [-0.1, -0.05) is 38.1 Å². The van der Waals surface area contributed by atoms with Crippen LogP contribution >= 0.6 is 0 Å². The Hall–Kier alpha value is -3.38. The number of rotatable bonds is 5. The number of benzene rings is 2. The van der Waals surface area contributed by atoms with Crippen molar-refractivity contribution in [2.24, 2.45) is 0 Å². The Morgan fingerprint density at radius 2 is 1.86 bits per heavy atom. The van der Waals surface area contributed by atoms with E-state index in [9.17, 15) is 0 Å². The van der Waals surface area contributed by atoms with Gasteiger partial charge in [0.2, 0.25) is 0 Å². The second kappa shape index (κ2) is 8.93. The van der Waals surface area contributed by atoms with Gasteiger partial charge in [-0.25, -0.2) is 9.97 Å². The molecule has 2 aliphatic heterocycles. The van der Waals surface area contributed by atoms with Crippen LogP contribution in [0.5, 0.6) is 0 Å². The maximum Gasteiger partial charge on any atom is 0.162 e. The van der Waals surface area contributed by atoms with Crippen molar-refractivity contribution in [3.05, 3.63) is 70.5 Å². The third kappa shape index (κ3) is 3.84. The largest absolute Gasteiger partial charge is 0.378 e. The molecule has 1 saturated heterocycles. The van der Waals surface area contributed by atoms with Gasteiger partial charge in [-0.05, 0) is 48.6 Å². The zero-order valence-electron chi connectivity index (χ0n) is 21.9. The molecule has 36 heavy (non-hydrogen) atoms. The molecule has 6 heteroatoms. The summed E-state index contributed by atoms with van der Waals surface area (Å²) in [5, 5.41) is 1.21. The number of hydrogen-bond donors (Lipinski definition) is 1. The predicted octanol–water partition coefficient (Wildman–Crippen LogP) is 5.76. The number of H-pyrrole nitrogens is 1. The molecule has 0 spiro atoms. The van der Waals surface area contributed by atoms with Gasteiger partial charge in [-0.2, -0.15) is 0 Å². The number of aryl methyl sites for hydroxylation is 2. The minimum atomic E-state index is 0.263. The molecular weight excluding hydrogens is 446 g/mol. The maximum atomic E-state index is 5.60. The fourth-order valence-electron chi connectivity index (χ4n) is 5.61. The zero-order chi connectivity index (χ0) is 25.0. The first-order chi connectivity index (χ1) is 17.4. The third-order valence-corrected chi connectivity index (χ3v) is 7.90. The van der Waals surface area contributed by atoms with Crippen LogP contribution in [0.15, 0.2) is 42.6 Å². The molecule has 0 amide bonds. The Bertz CT molecular complexity index is 1430. The normalized spacial score (nSPS) is 16.1. The van der Waals surface area contributed by atoms with E-state index in [0.29, 0.717) is 5.92 Å². The zero-order valence-corrected chi connectivity index (χ0v) is 21.9. The van der Waals surface area contributed by atoms with Crippen molar-refractivity contribution in [3.63, 3.8) is 0 Å². The molecule has 0 radical (unpaired) electrons. The molecule has 0 aliphatic carbocycles. The third-order valence-electron chi connectivity index (χ3n) is 7.90. The van der Waals surface area contributed by atoms with Gasteiger partial charge in [0.25, 0.3) is 0 Å². The van der Waals surface area contributed by atoms with Crippen LogP contribution in [0.25, 0.3) is 22.3 Å². The first kappa shape index (κ1) is 23.0. The number of aromatic nitrogens is 3. The highest BCUT2D eigenvalue weighted by Gasteiger charge is 2.33. The van der Waals surface area contributed by atoms with Crippen LogP contribution in [0.2, 0.25) is 0 Å². The number of fused-ring (bicyclic) bond motifs is 2. The molecule has 2 aliphatic rings. The van der Waals surface area contributed by atoms with Crippen LogP contribution in [0.4, 0.5) is 11.5 Å². The fraction of sp³-hybridized carbons (Fsp3) is 0.400. The van der Waals surface area contributed by atoms with Crippen molar-refractivity contribution in [1.29, 1.82) is 0 Å². The number of aromatic amines is 1. The van der Waals surface area contributed by atoms with E-state index in [1.54, 1.807) is 7.11 Å². The minimum absolute atomic E-state index is 0.263. The van der Waals surface area contributed by atoms with E-state index in [1.165, 1.54) is 39.0 Å². The number of methoxy groups -OCH3 is 1. The summed E-state index contributed by atoms with van der Waals surface area (Å²) in [5.74, 6) is 2.40. The van der Waals surface area contributed by atoms with Gasteiger partial charge in [0.1, 0.15) is 5.82 Å². The average molecular weight is 482 g/mol. The molecule has 2 aromatic carbocycles. The predicted molar refractivity (Wildman–Crippen MR) is 147 cm³/mol. The lowest BCUT2D eigenvalue weighted by Crippen LogP contribution is -2.53. The molecule has 2 aromatic heterocycles. The standard InChI is InChI=1S/C30H35N5O/c1-18(2)21-10-9-19(3)27(13-21)34-12-11-25-24(17-34)30(35-15-22(16-35)36-5)33-29(32-25)23-7-6-8-26-28(23)20(4)14-31-26/h6-10,13-14,18,22,31H,11-12,15-17H2,1-5H3. The van der Waals surface area contributed by atoms with Gasteiger partial charge in [0, 0.05) is 73.6 Å². The van der Waals surface area contributed by atoms with Gasteiger partial charge in [0.15, 0.2) is 5.82 Å². The summed E-state index contributed by atoms with van der Waals surface area (Å²) >= 11 is 0. The molecule has 0 unspecified atom stereocenters. The highest BCUT2D eigenvalue weighted by atomic mass is 16.5. The number of nitrogens with one attached hydrogen (secondary N) is 1. The van der Waals surface area contributed by atoms with E-state index in [-0.39, 0.29) is 6.10 Å². The van der Waals surface area contributed by atoms with Crippen molar-refractivity contribution in [2.45, 2.75) is 52.7 Å². The first-order valence-electron chi connectivity index (χ1n) is 13.0. The van der Waals surface area contributed by atoms with E-state index < -0.39 is 0 Å². The van der Waals surface area contributed by atoms with Crippen LogP contribution in [0.3, 0.4) is 0 Å². The van der Waals surface area contributed by atoms with Gasteiger partial charge in [-0.15, -0.1) is 0 Å². The Morgan fingerprint density at radius 1 is 1.03 bits per heavy atom. The number of anilines is 2. The van der Waals surface area contributed by atoms with Crippen LogP contribution in [-0.4, -0.2) is 47.8 Å². The van der Waals surface area contributed by atoms with E-state index in [4.69, 9.17) is 14.7 Å². The highest BCUT2D eigenvalue weighted by Crippen LogP contribution is 2.37. The summed E-state index contributed by atoms with van der Waals surface area (Å²) in [6.07, 6.45) is 3.24. The first-order valence-corrected chi connectivity index (χ1v) is 13.0. The molecule has 186 valence electrons. The van der Waals surface area contributed by atoms with Crippen LogP contribution in [0, 0.1) is 13.8 Å². The summed E-state index contributed by atoms with van der Waals surface area (Å²) in [6, 6.07) is 13.3. The Morgan fingerprint density at radius 3 is 2.64 bits per heavy atom. The summed E-state index contributed by atoms with van der Waals surface area (Å²) in [5.41, 5.74) is 9.91. The molecule has 6 nitrogen and oxygen atoms in total. The minimum Gasteiger partial charge on any atom is -0.378 e. The van der Waals surface area contributed by atoms with Crippen molar-refractivity contribution in [2.75, 3.05) is 36.5 Å². The van der Waals surface area contributed by atoms with Crippen LogP contribution in [-0.2, 0) is 17.7 Å². The molecule has 1 N–H and O–H groups in total. The Balaban J connectivity index is 1.44. The molecule has 4 heterocycles. The van der Waals surface area contributed by atoms with Crippen molar-refractivity contribution < 1.29 is 4.74 Å². The Labute approximate surface area is 213 Å². The van der Waals surface area contributed by atoms with Gasteiger partial charge < -0.3 is 19.5 Å². The van der Waals surface area contributed by atoms with E-state index in [0.717, 1.165) is 55.3 Å². The molecule has 6 rings (SSSR count). The smallest absolute Gasteiger partial charge is 0.162 e. The lowest BCUT2D eigenvalue weighted by Gasteiger charge is -2.42. The topological polar surface area (TPSA) is 57.3 Å². The Kier molecular flexibility index (Phi) is 5.72. The van der Waals surface area contributed by atoms with Gasteiger partial charge in [-0.3, -0.25) is 0 Å². The maximum absolute atomic E-state index is 5.60. The lowest BCUT2D eigenvalue weighted by molar-refractivity contribution is 0.0782. The number of hydrogen-bond acceptors (Lipinski definition) is 5. The molecule has 4 aromatic rings. The summed E-state index contributed by atoms with van der Waals surface area (Å²) in [4.78, 5) is 18.7. The van der Waals surface area contributed by atoms with E-state index >= 15 is 0 Å². The van der Waals surface area contributed by atoms with Crippen LogP contribution < -0.4 is 9.80 Å². The highest BCUT2D eigenvalue weighted by molar-refractivity contribution is 5.96. The fourth-order valence-corrected chi connectivity index (χ4v) is 5.61. The SMILES string of the molecule is COC1CN(c2nc(-c3cccc4[nH]cc(C)c34)nc3c2CN(c2cc(C(C)C)ccc2C)CC3)C1. The summed E-state index contributed by atoms with van der Waals surface area (Å²) < 4.78 is 5.60. The quantitative estimate of drug-likeness (QED) is 0.393. The van der Waals surface area contributed by atoms with E-state index in [1.807, 2.05) is 0 Å². The second-order valence-electron chi connectivity index (χ2n) is 10.6. The average Bonchev–Trinajstić information content (AvgIpc) is 3.24. The second-order valence-corrected chi connectivity index (χ2v) is 10.6. The van der Waals surface area contributed by atoms with Gasteiger partial charge >= 0.3 is 0 Å². The molecule has 0 atom stereocenters. The number of ether oxygens (including phenoxy) is 1. The summed E-state index contributed by atoms with van der Waals surface area (Å²) in [6.45, 7) is 12.4. The summed E-state index contributed by atoms with van der Waals surface area (Å²) in [7, 11) is 1.80.